The third-order valence-corrected chi connectivity index (χ3v) is 3.88. The number of halogens is 2. The van der Waals surface area contributed by atoms with Gasteiger partial charge in [0, 0.05) is 25.7 Å². The van der Waals surface area contributed by atoms with Crippen LogP contribution in [0.1, 0.15) is 11.5 Å². The van der Waals surface area contributed by atoms with Crippen molar-refractivity contribution >= 4 is 21.7 Å². The number of benzene rings is 1. The zero-order chi connectivity index (χ0) is 14.0. The lowest BCUT2D eigenvalue weighted by molar-refractivity contribution is -0.137. The van der Waals surface area contributed by atoms with Crippen LogP contribution in [0.25, 0.3) is 0 Å². The van der Waals surface area contributed by atoms with Crippen molar-refractivity contribution in [3.05, 3.63) is 46.2 Å². The van der Waals surface area contributed by atoms with E-state index in [9.17, 15) is 9.18 Å². The second-order valence-electron chi connectivity index (χ2n) is 4.30. The van der Waals surface area contributed by atoms with E-state index in [1.54, 1.807) is 24.3 Å². The lowest BCUT2D eigenvalue weighted by Gasteiger charge is -2.25. The zero-order valence-electron chi connectivity index (χ0n) is 10.6. The van der Waals surface area contributed by atoms with E-state index >= 15 is 0 Å². The monoisotopic (exact) mass is 328 g/mol. The second kappa shape index (κ2) is 5.94. The number of hydrogen-bond donors (Lipinski definition) is 0. The zero-order valence-corrected chi connectivity index (χ0v) is 12.2. The number of carbonyl (C=O) groups excluding carboxylic acids is 1. The van der Waals surface area contributed by atoms with Crippen molar-refractivity contribution < 1.29 is 18.7 Å². The third-order valence-electron chi connectivity index (χ3n) is 3.27. The molecule has 0 saturated carbocycles. The summed E-state index contributed by atoms with van der Waals surface area (Å²) in [6.45, 7) is 0. The summed E-state index contributed by atoms with van der Waals surface area (Å²) < 4.78 is 24.9. The minimum Gasteiger partial charge on any atom is -0.355 e. The molecule has 0 aromatic heterocycles. The van der Waals surface area contributed by atoms with Crippen LogP contribution >= 0.6 is 15.9 Å². The molecule has 0 unspecified atom stereocenters. The fraction of sp³-hybridized carbons (Fsp3) is 0.357. The van der Waals surface area contributed by atoms with E-state index < -0.39 is 18.0 Å². The Bertz CT molecular complexity index is 511. The van der Waals surface area contributed by atoms with Gasteiger partial charge in [0.15, 0.2) is 12.1 Å². The molecule has 2 atom stereocenters. The van der Waals surface area contributed by atoms with E-state index in [1.165, 1.54) is 20.3 Å². The fourth-order valence-corrected chi connectivity index (χ4v) is 2.77. The number of ketones is 1. The van der Waals surface area contributed by atoms with E-state index in [-0.39, 0.29) is 11.7 Å². The van der Waals surface area contributed by atoms with Gasteiger partial charge in [-0.3, -0.25) is 4.79 Å². The Labute approximate surface area is 119 Å². The van der Waals surface area contributed by atoms with Gasteiger partial charge in [-0.25, -0.2) is 4.39 Å². The van der Waals surface area contributed by atoms with Gasteiger partial charge in [0.1, 0.15) is 5.82 Å². The van der Waals surface area contributed by atoms with Crippen molar-refractivity contribution in [2.75, 3.05) is 14.2 Å². The first-order chi connectivity index (χ1) is 9.10. The summed E-state index contributed by atoms with van der Waals surface area (Å²) in [6.07, 6.45) is 2.59. The maximum Gasteiger partial charge on any atom is 0.164 e. The highest BCUT2D eigenvalue weighted by atomic mass is 79.9. The lowest BCUT2D eigenvalue weighted by atomic mass is 9.87. The molecule has 1 aliphatic carbocycles. The van der Waals surface area contributed by atoms with Crippen molar-refractivity contribution in [2.24, 2.45) is 5.92 Å². The molecule has 0 radical (unpaired) electrons. The number of hydrogen-bond acceptors (Lipinski definition) is 3. The first-order valence-electron chi connectivity index (χ1n) is 5.81. The van der Waals surface area contributed by atoms with Crippen LogP contribution in [0.15, 0.2) is 34.8 Å². The summed E-state index contributed by atoms with van der Waals surface area (Å²) in [5.74, 6) is -1.49. The van der Waals surface area contributed by atoms with E-state index in [0.717, 1.165) is 0 Å². The Morgan fingerprint density at radius 3 is 2.63 bits per heavy atom. The molecule has 0 bridgehead atoms. The molecular formula is C14H14BrFO3. The molecule has 5 heteroatoms. The maximum absolute atomic E-state index is 14.2. The van der Waals surface area contributed by atoms with Crippen LogP contribution in [0.4, 0.5) is 4.39 Å². The Morgan fingerprint density at radius 2 is 2.00 bits per heavy atom. The first kappa shape index (κ1) is 14.4. The molecule has 1 aliphatic rings. The average Bonchev–Trinajstić information content (AvgIpc) is 2.77. The molecular weight excluding hydrogens is 315 g/mol. The molecule has 3 nitrogen and oxygen atoms in total. The SMILES string of the molecule is COC(OC)[C@H]1C=CC(=O)[C@@H]1c1cccc(Br)c1F. The molecule has 0 saturated heterocycles. The minimum absolute atomic E-state index is 0.138. The van der Waals surface area contributed by atoms with E-state index in [0.29, 0.717) is 10.0 Å². The highest BCUT2D eigenvalue weighted by molar-refractivity contribution is 9.10. The standard InChI is InChI=1S/C14H14BrFO3/c1-18-14(19-2)9-6-7-11(17)12(9)8-4-3-5-10(15)13(8)16/h3-7,9,12,14H,1-2H3/t9-,12+/m0/s1. The minimum atomic E-state index is -0.609. The molecule has 0 N–H and O–H groups in total. The molecule has 0 spiro atoms. The van der Waals surface area contributed by atoms with Gasteiger partial charge in [0.25, 0.3) is 0 Å². The van der Waals surface area contributed by atoms with Gasteiger partial charge in [0.2, 0.25) is 0 Å². The van der Waals surface area contributed by atoms with Crippen molar-refractivity contribution in [3.63, 3.8) is 0 Å². The van der Waals surface area contributed by atoms with E-state index in [2.05, 4.69) is 15.9 Å². The van der Waals surface area contributed by atoms with Crippen LogP contribution in [-0.2, 0) is 14.3 Å². The Hall–Kier alpha value is -1.04. The molecule has 19 heavy (non-hydrogen) atoms. The van der Waals surface area contributed by atoms with Crippen LogP contribution in [0, 0.1) is 11.7 Å². The predicted molar refractivity (Wildman–Crippen MR) is 72.3 cm³/mol. The summed E-state index contributed by atoms with van der Waals surface area (Å²) >= 11 is 3.13. The Balaban J connectivity index is 2.41. The summed E-state index contributed by atoms with van der Waals surface area (Å²) in [5.41, 5.74) is 0.355. The normalized spacial score (nSPS) is 22.5. The summed E-state index contributed by atoms with van der Waals surface area (Å²) in [7, 11) is 3.00. The van der Waals surface area contributed by atoms with Gasteiger partial charge in [-0.1, -0.05) is 18.2 Å². The molecule has 0 fully saturated rings. The topological polar surface area (TPSA) is 35.5 Å². The van der Waals surface area contributed by atoms with Crippen LogP contribution in [0.5, 0.6) is 0 Å². The second-order valence-corrected chi connectivity index (χ2v) is 5.15. The van der Waals surface area contributed by atoms with Crippen molar-refractivity contribution in [3.8, 4) is 0 Å². The highest BCUT2D eigenvalue weighted by Gasteiger charge is 2.38. The van der Waals surface area contributed by atoms with Crippen molar-refractivity contribution in [2.45, 2.75) is 12.2 Å². The molecule has 0 amide bonds. The van der Waals surface area contributed by atoms with Crippen molar-refractivity contribution in [1.29, 1.82) is 0 Å². The van der Waals surface area contributed by atoms with Crippen LogP contribution in [0.3, 0.4) is 0 Å². The molecule has 0 aliphatic heterocycles. The quantitative estimate of drug-likeness (QED) is 0.797. The number of carbonyl (C=O) groups is 1. The van der Waals surface area contributed by atoms with Gasteiger partial charge in [0.05, 0.1) is 10.4 Å². The smallest absolute Gasteiger partial charge is 0.164 e. The molecule has 2 rings (SSSR count). The number of allylic oxidation sites excluding steroid dienone is 1. The Kier molecular flexibility index (Phi) is 4.50. The van der Waals surface area contributed by atoms with Gasteiger partial charge >= 0.3 is 0 Å². The summed E-state index contributed by atoms with van der Waals surface area (Å²) in [6, 6.07) is 4.93. The first-order valence-corrected chi connectivity index (χ1v) is 6.61. The summed E-state index contributed by atoms with van der Waals surface area (Å²) in [4.78, 5) is 12.0. The Morgan fingerprint density at radius 1 is 1.32 bits per heavy atom. The summed E-state index contributed by atoms with van der Waals surface area (Å²) in [5, 5.41) is 0. The van der Waals surface area contributed by atoms with E-state index in [4.69, 9.17) is 9.47 Å². The van der Waals surface area contributed by atoms with Gasteiger partial charge in [-0.05, 0) is 28.1 Å². The van der Waals surface area contributed by atoms with Crippen LogP contribution in [-0.4, -0.2) is 26.3 Å². The molecule has 1 aromatic rings. The van der Waals surface area contributed by atoms with E-state index in [1.807, 2.05) is 0 Å². The third kappa shape index (κ3) is 2.63. The number of rotatable bonds is 4. The average molecular weight is 329 g/mol. The van der Waals surface area contributed by atoms with Crippen molar-refractivity contribution in [1.82, 2.24) is 0 Å². The lowest BCUT2D eigenvalue weighted by Crippen LogP contribution is -2.29. The highest BCUT2D eigenvalue weighted by Crippen LogP contribution is 2.38. The number of methoxy groups -OCH3 is 2. The molecule has 1 aromatic carbocycles. The van der Waals surface area contributed by atoms with Gasteiger partial charge < -0.3 is 9.47 Å². The molecule has 102 valence electrons. The molecule has 0 heterocycles. The maximum atomic E-state index is 14.2. The van der Waals surface area contributed by atoms with Crippen LogP contribution < -0.4 is 0 Å². The predicted octanol–water partition coefficient (Wildman–Crippen LogP) is 3.05. The largest absolute Gasteiger partial charge is 0.355 e. The number of ether oxygens (including phenoxy) is 2. The van der Waals surface area contributed by atoms with Gasteiger partial charge in [-0.15, -0.1) is 0 Å². The van der Waals surface area contributed by atoms with Crippen LogP contribution in [0.2, 0.25) is 0 Å². The van der Waals surface area contributed by atoms with Gasteiger partial charge in [-0.2, -0.15) is 0 Å². The fourth-order valence-electron chi connectivity index (χ4n) is 2.39.